The number of amides is 8. The zero-order valence-corrected chi connectivity index (χ0v) is 36.4. The topological polar surface area (TPSA) is 452 Å². The lowest BCUT2D eigenvalue weighted by atomic mass is 10.0. The predicted octanol–water partition coefficient (Wildman–Crippen LogP) is -7.11. The van der Waals surface area contributed by atoms with E-state index in [1.807, 2.05) is 10.6 Å². The van der Waals surface area contributed by atoms with Crippen LogP contribution in [0.3, 0.4) is 0 Å². The summed E-state index contributed by atoms with van der Waals surface area (Å²) >= 11 is 0. The fourth-order valence-corrected chi connectivity index (χ4v) is 5.67. The molecule has 66 heavy (non-hydrogen) atoms. The number of benzene rings is 1. The van der Waals surface area contributed by atoms with Gasteiger partial charge < -0.3 is 84.0 Å². The normalized spacial score (nSPS) is 15.5. The molecule has 0 aliphatic rings. The highest BCUT2D eigenvalue weighted by molar-refractivity contribution is 5.98. The second-order valence-electron chi connectivity index (χ2n) is 15.2. The minimum absolute atomic E-state index is 0.242. The van der Waals surface area contributed by atoms with Crippen molar-refractivity contribution in [3.8, 4) is 0 Å². The third-order valence-corrected chi connectivity index (χ3v) is 9.36. The molecule has 27 heteroatoms. The lowest BCUT2D eigenvalue weighted by Crippen LogP contribution is -2.63. The lowest BCUT2D eigenvalue weighted by molar-refractivity contribution is -0.144. The highest BCUT2D eigenvalue weighted by Crippen LogP contribution is 2.08. The summed E-state index contributed by atoms with van der Waals surface area (Å²) < 4.78 is 0. The number of nitrogens with one attached hydrogen (secondary N) is 8. The molecule has 0 aromatic heterocycles. The van der Waals surface area contributed by atoms with Crippen LogP contribution < -0.4 is 48.3 Å². The number of hydrogen-bond donors (Lipinski definition) is 16. The van der Waals surface area contributed by atoms with E-state index in [1.165, 1.54) is 13.8 Å². The molecule has 0 fully saturated rings. The van der Waals surface area contributed by atoms with Gasteiger partial charge in [-0.2, -0.15) is 0 Å². The average Bonchev–Trinajstić information content (AvgIpc) is 3.24. The molecule has 0 unspecified atom stereocenters. The van der Waals surface area contributed by atoms with Crippen molar-refractivity contribution in [1.29, 1.82) is 0 Å². The summed E-state index contributed by atoms with van der Waals surface area (Å²) in [5, 5.41) is 84.9. The summed E-state index contributed by atoms with van der Waals surface area (Å²) in [6.07, 6.45) is -5.42. The van der Waals surface area contributed by atoms with Gasteiger partial charge >= 0.3 is 17.9 Å². The first-order valence-corrected chi connectivity index (χ1v) is 20.3. The molecular weight excluding hydrogens is 882 g/mol. The Morgan fingerprint density at radius 1 is 0.545 bits per heavy atom. The van der Waals surface area contributed by atoms with Crippen molar-refractivity contribution >= 4 is 65.2 Å². The standard InChI is InChI=1S/C39H59N9O18/c1-17(2)29(36(62)45-25(16-50)39(65)66)47-34(60)23(13-28(56)57)42-35(61)24(15-49)44-38(64)31(19(4)52)48-33(59)22(12-20-8-6-5-7-9-20)43-37(63)30(18(3)51)46-26(53)14-41-32(58)21(40)10-11-27(54)55/h5-9,17-19,21-25,29-31,49-52H,10-16,40H2,1-4H3,(H,41,58)(H,42,61)(H,43,63)(H,44,64)(H,45,62)(H,46,53)(H,47,60)(H,48,59)(H,54,55)(H,56,57)(H,65,66)/t18-,19-,21+,22+,23+,24+,25+,29+,30+,31+/m1/s1. The highest BCUT2D eigenvalue weighted by Gasteiger charge is 2.37. The third kappa shape index (κ3) is 19.9. The molecule has 1 aromatic carbocycles. The van der Waals surface area contributed by atoms with E-state index in [0.29, 0.717) is 5.56 Å². The van der Waals surface area contributed by atoms with Crippen molar-refractivity contribution in [2.24, 2.45) is 11.7 Å². The minimum atomic E-state index is -1.98. The van der Waals surface area contributed by atoms with Crippen LogP contribution in [0.2, 0.25) is 0 Å². The Labute approximate surface area is 377 Å². The van der Waals surface area contributed by atoms with E-state index in [2.05, 4.69) is 31.9 Å². The number of carboxylic acids is 3. The summed E-state index contributed by atoms with van der Waals surface area (Å²) in [5.41, 5.74) is 6.07. The number of carboxylic acid groups (broad SMARTS) is 3. The Kier molecular flexibility index (Phi) is 24.4. The van der Waals surface area contributed by atoms with Crippen LogP contribution in [-0.2, 0) is 59.2 Å². The lowest BCUT2D eigenvalue weighted by Gasteiger charge is -2.28. The second kappa shape index (κ2) is 28.2. The van der Waals surface area contributed by atoms with E-state index in [9.17, 15) is 78.3 Å². The van der Waals surface area contributed by atoms with Crippen molar-refractivity contribution in [3.05, 3.63) is 35.9 Å². The first kappa shape index (κ1) is 57.2. The monoisotopic (exact) mass is 941 g/mol. The van der Waals surface area contributed by atoms with E-state index in [4.69, 9.17) is 15.9 Å². The van der Waals surface area contributed by atoms with Crippen LogP contribution in [0.5, 0.6) is 0 Å². The number of nitrogens with two attached hydrogens (primary N) is 1. The maximum absolute atomic E-state index is 13.8. The van der Waals surface area contributed by atoms with Crippen LogP contribution in [0.15, 0.2) is 30.3 Å². The first-order valence-electron chi connectivity index (χ1n) is 20.3. The van der Waals surface area contributed by atoms with Gasteiger partial charge in [0.05, 0.1) is 44.4 Å². The van der Waals surface area contributed by atoms with Crippen LogP contribution in [0, 0.1) is 5.92 Å². The predicted molar refractivity (Wildman–Crippen MR) is 224 cm³/mol. The van der Waals surface area contributed by atoms with Gasteiger partial charge in [0, 0.05) is 12.8 Å². The quantitative estimate of drug-likeness (QED) is 0.0355. The smallest absolute Gasteiger partial charge is 0.328 e. The Balaban J connectivity index is 3.26. The molecule has 0 radical (unpaired) electrons. The van der Waals surface area contributed by atoms with Crippen molar-refractivity contribution in [1.82, 2.24) is 42.5 Å². The van der Waals surface area contributed by atoms with Crippen molar-refractivity contribution in [2.45, 2.75) is 114 Å². The fraction of sp³-hybridized carbons (Fsp3) is 0.564. The zero-order valence-electron chi connectivity index (χ0n) is 36.4. The molecule has 1 aromatic rings. The molecule has 0 saturated carbocycles. The number of aliphatic hydroxyl groups is 4. The van der Waals surface area contributed by atoms with Crippen LogP contribution in [0.25, 0.3) is 0 Å². The summed E-state index contributed by atoms with van der Waals surface area (Å²) in [7, 11) is 0. The molecule has 27 nitrogen and oxygen atoms in total. The number of aliphatic hydroxyl groups excluding tert-OH is 4. The van der Waals surface area contributed by atoms with Gasteiger partial charge in [-0.3, -0.25) is 47.9 Å². The summed E-state index contributed by atoms with van der Waals surface area (Å²) in [6, 6.07) is -5.84. The molecule has 368 valence electrons. The van der Waals surface area contributed by atoms with E-state index >= 15 is 0 Å². The average molecular weight is 942 g/mol. The summed E-state index contributed by atoms with van der Waals surface area (Å²) in [5.74, 6) is -14.4. The maximum atomic E-state index is 13.8. The van der Waals surface area contributed by atoms with Crippen molar-refractivity contribution < 1.29 is 88.5 Å². The maximum Gasteiger partial charge on any atom is 0.328 e. The Morgan fingerprint density at radius 2 is 1.00 bits per heavy atom. The number of hydrogen-bond acceptors (Lipinski definition) is 16. The van der Waals surface area contributed by atoms with Gasteiger partial charge in [-0.05, 0) is 31.7 Å². The van der Waals surface area contributed by atoms with Crippen LogP contribution in [-0.4, -0.2) is 181 Å². The van der Waals surface area contributed by atoms with Gasteiger partial charge in [0.2, 0.25) is 47.3 Å². The minimum Gasteiger partial charge on any atom is -0.481 e. The van der Waals surface area contributed by atoms with E-state index in [1.54, 1.807) is 30.3 Å². The molecule has 10 atom stereocenters. The molecule has 0 saturated heterocycles. The van der Waals surface area contributed by atoms with Gasteiger partial charge in [0.1, 0.15) is 42.3 Å². The molecule has 17 N–H and O–H groups in total. The highest BCUT2D eigenvalue weighted by atomic mass is 16.4. The van der Waals surface area contributed by atoms with E-state index in [0.717, 1.165) is 13.8 Å². The van der Waals surface area contributed by atoms with Gasteiger partial charge in [-0.25, -0.2) is 4.79 Å². The summed E-state index contributed by atoms with van der Waals surface area (Å²) in [6.45, 7) is 2.07. The Morgan fingerprint density at radius 3 is 1.48 bits per heavy atom. The van der Waals surface area contributed by atoms with Crippen LogP contribution in [0.4, 0.5) is 0 Å². The fourth-order valence-electron chi connectivity index (χ4n) is 5.67. The SMILES string of the molecule is CC(C)[C@H](NC(=O)[C@H](CC(=O)O)NC(=O)[C@H](CO)NC(=O)[C@@H](NC(=O)[C@H](Cc1ccccc1)NC(=O)[C@@H](NC(=O)CNC(=O)[C@@H](N)CCC(=O)O)[C@@H](C)O)[C@@H](C)O)C(=O)N[C@@H](CO)C(=O)O. The first-order chi connectivity index (χ1) is 30.8. The van der Waals surface area contributed by atoms with Crippen molar-refractivity contribution in [3.63, 3.8) is 0 Å². The molecule has 0 bridgehead atoms. The zero-order chi connectivity index (χ0) is 50.4. The van der Waals surface area contributed by atoms with E-state index in [-0.39, 0.29) is 12.8 Å². The number of aliphatic carboxylic acids is 3. The van der Waals surface area contributed by atoms with Crippen molar-refractivity contribution in [2.75, 3.05) is 19.8 Å². The number of carbonyl (C=O) groups is 11. The Hall–Kier alpha value is -6.81. The van der Waals surface area contributed by atoms with Gasteiger partial charge in [0.25, 0.3) is 0 Å². The van der Waals surface area contributed by atoms with Gasteiger partial charge in [-0.15, -0.1) is 0 Å². The largest absolute Gasteiger partial charge is 0.481 e. The number of carbonyl (C=O) groups excluding carboxylic acids is 8. The Bertz CT molecular complexity index is 1880. The number of rotatable bonds is 29. The second-order valence-corrected chi connectivity index (χ2v) is 15.2. The van der Waals surface area contributed by atoms with E-state index < -0.39 is 164 Å². The molecule has 1 rings (SSSR count). The van der Waals surface area contributed by atoms with Gasteiger partial charge in [-0.1, -0.05) is 44.2 Å². The molecule has 0 aliphatic carbocycles. The molecule has 0 heterocycles. The molecule has 0 spiro atoms. The summed E-state index contributed by atoms with van der Waals surface area (Å²) in [4.78, 5) is 139. The van der Waals surface area contributed by atoms with Gasteiger partial charge in [0.15, 0.2) is 0 Å². The third-order valence-electron chi connectivity index (χ3n) is 9.36. The molecular formula is C39H59N9O18. The molecule has 0 aliphatic heterocycles. The van der Waals surface area contributed by atoms with Crippen LogP contribution >= 0.6 is 0 Å². The van der Waals surface area contributed by atoms with Crippen LogP contribution in [0.1, 0.15) is 52.5 Å². The molecule has 8 amide bonds.